The van der Waals surface area contributed by atoms with Crippen LogP contribution in [0.3, 0.4) is 0 Å². The molecule has 27 heavy (non-hydrogen) atoms. The van der Waals surface area contributed by atoms with Crippen molar-refractivity contribution < 1.29 is 9.53 Å². The quantitative estimate of drug-likeness (QED) is 0.610. The normalized spacial score (nSPS) is 10.9. The monoisotopic (exact) mass is 365 g/mol. The molecule has 0 unspecified atom stereocenters. The Bertz CT molecular complexity index is 910. The Morgan fingerprint density at radius 1 is 1.07 bits per heavy atom. The number of aromatic nitrogens is 2. The van der Waals surface area contributed by atoms with Crippen LogP contribution in [0.4, 0.5) is 0 Å². The molecule has 3 rings (SSSR count). The lowest BCUT2D eigenvalue weighted by molar-refractivity contribution is -0.119. The van der Waals surface area contributed by atoms with Gasteiger partial charge in [-0.15, -0.1) is 0 Å². The molecule has 1 aromatic heterocycles. The fourth-order valence-corrected chi connectivity index (χ4v) is 3.29. The van der Waals surface area contributed by atoms with Crippen molar-refractivity contribution in [1.29, 1.82) is 0 Å². The predicted octanol–water partition coefficient (Wildman–Crippen LogP) is 4.15. The number of hydrogen-bond donors (Lipinski definition) is 1. The third-order valence-electron chi connectivity index (χ3n) is 4.66. The first-order valence-electron chi connectivity index (χ1n) is 9.44. The number of nitrogens with zero attached hydrogens (tertiary/aromatic N) is 2. The second-order valence-corrected chi connectivity index (χ2v) is 6.85. The summed E-state index contributed by atoms with van der Waals surface area (Å²) in [7, 11) is 0. The highest BCUT2D eigenvalue weighted by Gasteiger charge is 2.10. The van der Waals surface area contributed by atoms with Crippen LogP contribution < -0.4 is 10.1 Å². The van der Waals surface area contributed by atoms with E-state index in [0.29, 0.717) is 13.2 Å². The van der Waals surface area contributed by atoms with Crippen molar-refractivity contribution in [2.24, 2.45) is 0 Å². The van der Waals surface area contributed by atoms with Gasteiger partial charge in [-0.2, -0.15) is 0 Å². The minimum atomic E-state index is -0.0457. The Morgan fingerprint density at radius 3 is 2.56 bits per heavy atom. The van der Waals surface area contributed by atoms with E-state index in [0.717, 1.165) is 42.0 Å². The molecule has 0 aliphatic carbocycles. The molecule has 5 nitrogen and oxygen atoms in total. The molecule has 2 aromatic carbocycles. The van der Waals surface area contributed by atoms with Crippen LogP contribution in [0.1, 0.15) is 36.7 Å². The maximum absolute atomic E-state index is 11.3. The molecule has 0 radical (unpaired) electrons. The van der Waals surface area contributed by atoms with Crippen LogP contribution in [-0.2, 0) is 17.9 Å². The Kier molecular flexibility index (Phi) is 6.12. The van der Waals surface area contributed by atoms with Gasteiger partial charge in [-0.25, -0.2) is 4.98 Å². The Hall–Kier alpha value is -2.82. The molecule has 0 atom stereocenters. The zero-order valence-electron chi connectivity index (χ0n) is 16.3. The zero-order chi connectivity index (χ0) is 19.2. The maximum atomic E-state index is 11.3. The lowest BCUT2D eigenvalue weighted by atomic mass is 10.1. The van der Waals surface area contributed by atoms with E-state index in [9.17, 15) is 4.79 Å². The summed E-state index contributed by atoms with van der Waals surface area (Å²) in [6, 6.07) is 14.3. The first kappa shape index (κ1) is 19.0. The molecule has 142 valence electrons. The molecule has 0 saturated heterocycles. The minimum absolute atomic E-state index is 0.0457. The number of amides is 1. The summed E-state index contributed by atoms with van der Waals surface area (Å²) in [5, 5.41) is 2.85. The van der Waals surface area contributed by atoms with Gasteiger partial charge >= 0.3 is 0 Å². The average molecular weight is 365 g/mol. The van der Waals surface area contributed by atoms with Gasteiger partial charge in [0.25, 0.3) is 0 Å². The molecule has 1 N–H and O–H groups in total. The molecule has 0 fully saturated rings. The predicted molar refractivity (Wildman–Crippen MR) is 108 cm³/mol. The average Bonchev–Trinajstić information content (AvgIpc) is 2.99. The zero-order valence-corrected chi connectivity index (χ0v) is 16.3. The number of carbonyl (C=O) groups excluding carboxylic acids is 1. The lowest BCUT2D eigenvalue weighted by Gasteiger charge is -2.13. The number of rotatable bonds is 8. The molecular formula is C22H27N3O2. The summed E-state index contributed by atoms with van der Waals surface area (Å²) in [5.74, 6) is 1.84. The van der Waals surface area contributed by atoms with Crippen LogP contribution >= 0.6 is 0 Å². The van der Waals surface area contributed by atoms with Crippen LogP contribution in [0.2, 0.25) is 0 Å². The van der Waals surface area contributed by atoms with Crippen LogP contribution in [0.15, 0.2) is 42.5 Å². The number of para-hydroxylation sites is 3. The number of benzene rings is 2. The molecular weight excluding hydrogens is 338 g/mol. The van der Waals surface area contributed by atoms with Crippen molar-refractivity contribution in [2.75, 3.05) is 6.61 Å². The number of carbonyl (C=O) groups is 1. The van der Waals surface area contributed by atoms with E-state index in [4.69, 9.17) is 4.74 Å². The summed E-state index contributed by atoms with van der Waals surface area (Å²) in [5.41, 5.74) is 4.42. The SMILES string of the molecule is CC(=O)NCc1nc2ccccc2n1CCCCOc1c(C)cccc1C. The maximum Gasteiger partial charge on any atom is 0.217 e. The number of imidazole rings is 1. The summed E-state index contributed by atoms with van der Waals surface area (Å²) < 4.78 is 8.20. The summed E-state index contributed by atoms with van der Waals surface area (Å²) in [6.45, 7) is 7.67. The number of aryl methyl sites for hydroxylation is 3. The van der Waals surface area contributed by atoms with Crippen molar-refractivity contribution in [3.05, 3.63) is 59.4 Å². The van der Waals surface area contributed by atoms with Gasteiger partial charge in [0, 0.05) is 13.5 Å². The van der Waals surface area contributed by atoms with Gasteiger partial charge in [-0.1, -0.05) is 30.3 Å². The fourth-order valence-electron chi connectivity index (χ4n) is 3.29. The minimum Gasteiger partial charge on any atom is -0.493 e. The van der Waals surface area contributed by atoms with Gasteiger partial charge in [-0.3, -0.25) is 4.79 Å². The molecule has 0 spiro atoms. The first-order chi connectivity index (χ1) is 13.1. The van der Waals surface area contributed by atoms with Crippen molar-refractivity contribution in [1.82, 2.24) is 14.9 Å². The van der Waals surface area contributed by atoms with Gasteiger partial charge in [0.1, 0.15) is 11.6 Å². The van der Waals surface area contributed by atoms with Crippen molar-refractivity contribution >= 4 is 16.9 Å². The molecule has 0 aliphatic rings. The fraction of sp³-hybridized carbons (Fsp3) is 0.364. The van der Waals surface area contributed by atoms with E-state index in [1.807, 2.05) is 18.2 Å². The molecule has 1 amide bonds. The molecule has 0 bridgehead atoms. The van der Waals surface area contributed by atoms with E-state index >= 15 is 0 Å². The highest BCUT2D eigenvalue weighted by atomic mass is 16.5. The van der Waals surface area contributed by atoms with Crippen LogP contribution in [0.5, 0.6) is 5.75 Å². The van der Waals surface area contributed by atoms with E-state index in [1.54, 1.807) is 0 Å². The number of unbranched alkanes of at least 4 members (excludes halogenated alkanes) is 1. The van der Waals surface area contributed by atoms with Gasteiger partial charge in [-0.05, 0) is 49.9 Å². The second kappa shape index (κ2) is 8.71. The van der Waals surface area contributed by atoms with Crippen LogP contribution in [0, 0.1) is 13.8 Å². The number of fused-ring (bicyclic) bond motifs is 1. The topological polar surface area (TPSA) is 56.2 Å². The van der Waals surface area contributed by atoms with Crippen LogP contribution in [-0.4, -0.2) is 22.1 Å². The largest absolute Gasteiger partial charge is 0.493 e. The van der Waals surface area contributed by atoms with Crippen molar-refractivity contribution in [2.45, 2.75) is 46.7 Å². The number of hydrogen-bond acceptors (Lipinski definition) is 3. The molecule has 0 saturated carbocycles. The smallest absolute Gasteiger partial charge is 0.217 e. The Balaban J connectivity index is 1.61. The van der Waals surface area contributed by atoms with E-state index in [2.05, 4.69) is 53.0 Å². The van der Waals surface area contributed by atoms with Gasteiger partial charge in [0.05, 0.1) is 24.2 Å². The highest BCUT2D eigenvalue weighted by molar-refractivity contribution is 5.76. The van der Waals surface area contributed by atoms with Crippen LogP contribution in [0.25, 0.3) is 11.0 Å². The van der Waals surface area contributed by atoms with Crippen molar-refractivity contribution in [3.8, 4) is 5.75 Å². The Morgan fingerprint density at radius 2 is 1.81 bits per heavy atom. The standard InChI is InChI=1S/C22H27N3O2/c1-16-9-8-10-17(2)22(16)27-14-7-6-13-25-20-12-5-4-11-19(20)24-21(25)15-23-18(3)26/h4-5,8-12H,6-7,13-15H2,1-3H3,(H,23,26). The summed E-state index contributed by atoms with van der Waals surface area (Å²) in [6.07, 6.45) is 1.94. The molecule has 3 aromatic rings. The van der Waals surface area contributed by atoms with Crippen molar-refractivity contribution in [3.63, 3.8) is 0 Å². The third-order valence-corrected chi connectivity index (χ3v) is 4.66. The van der Waals surface area contributed by atoms with Gasteiger partial charge in [0.2, 0.25) is 5.91 Å². The number of nitrogens with one attached hydrogen (secondary N) is 1. The number of ether oxygens (including phenoxy) is 1. The van der Waals surface area contributed by atoms with E-state index in [-0.39, 0.29) is 5.91 Å². The van der Waals surface area contributed by atoms with Gasteiger partial charge in [0.15, 0.2) is 0 Å². The third kappa shape index (κ3) is 4.67. The summed E-state index contributed by atoms with van der Waals surface area (Å²) in [4.78, 5) is 15.9. The highest BCUT2D eigenvalue weighted by Crippen LogP contribution is 2.23. The molecule has 1 heterocycles. The Labute approximate surface area is 160 Å². The van der Waals surface area contributed by atoms with E-state index < -0.39 is 0 Å². The second-order valence-electron chi connectivity index (χ2n) is 6.85. The molecule has 5 heteroatoms. The summed E-state index contributed by atoms with van der Waals surface area (Å²) >= 11 is 0. The van der Waals surface area contributed by atoms with E-state index in [1.165, 1.54) is 18.1 Å². The lowest BCUT2D eigenvalue weighted by Crippen LogP contribution is -2.21. The van der Waals surface area contributed by atoms with Gasteiger partial charge < -0.3 is 14.6 Å². The molecule has 0 aliphatic heterocycles. The first-order valence-corrected chi connectivity index (χ1v) is 9.44.